The first-order chi connectivity index (χ1) is 13.9. The van der Waals surface area contributed by atoms with Gasteiger partial charge in [-0.15, -0.1) is 0 Å². The third-order valence-corrected chi connectivity index (χ3v) is 4.44. The van der Waals surface area contributed by atoms with Crippen LogP contribution in [-0.4, -0.2) is 24.3 Å². The van der Waals surface area contributed by atoms with Gasteiger partial charge in [-0.25, -0.2) is 0 Å². The minimum Gasteiger partial charge on any atom is -0.493 e. The van der Waals surface area contributed by atoms with E-state index in [1.54, 1.807) is 49.4 Å². The molecule has 0 fully saturated rings. The Labute approximate surface area is 174 Å². The fraction of sp³-hybridized carbons (Fsp3) is 0.286. The molecule has 0 unspecified atom stereocenters. The highest BCUT2D eigenvalue weighted by molar-refractivity contribution is 6.31. The number of carbonyl (C=O) groups excluding carboxylic acids is 3. The molecule has 0 saturated heterocycles. The molecule has 3 N–H and O–H groups in total. The maximum absolute atomic E-state index is 12.3. The molecular weight excluding hydrogens is 394 g/mol. The lowest BCUT2D eigenvalue weighted by molar-refractivity contribution is -0.124. The van der Waals surface area contributed by atoms with Crippen LogP contribution in [-0.2, 0) is 9.59 Å². The average Bonchev–Trinajstić information content (AvgIpc) is 2.72. The molecule has 0 aromatic heterocycles. The Kier molecular flexibility index (Phi) is 8.48. The van der Waals surface area contributed by atoms with Crippen molar-refractivity contribution in [3.63, 3.8) is 0 Å². The van der Waals surface area contributed by atoms with Gasteiger partial charge in [-0.1, -0.05) is 36.7 Å². The Balaban J connectivity index is 1.80. The summed E-state index contributed by atoms with van der Waals surface area (Å²) in [6, 6.07) is 12.0. The van der Waals surface area contributed by atoms with Gasteiger partial charge in [0, 0.05) is 23.6 Å². The summed E-state index contributed by atoms with van der Waals surface area (Å²) in [7, 11) is 0. The maximum atomic E-state index is 12.3. The maximum Gasteiger partial charge on any atom is 0.273 e. The van der Waals surface area contributed by atoms with Crippen LogP contribution >= 0.6 is 11.6 Å². The van der Waals surface area contributed by atoms with Crippen molar-refractivity contribution in [3.8, 4) is 5.75 Å². The highest BCUT2D eigenvalue weighted by atomic mass is 35.5. The predicted octanol–water partition coefficient (Wildman–Crippen LogP) is 3.62. The van der Waals surface area contributed by atoms with E-state index in [2.05, 4.69) is 16.2 Å². The summed E-state index contributed by atoms with van der Waals surface area (Å²) in [4.78, 5) is 36.3. The zero-order valence-electron chi connectivity index (χ0n) is 16.4. The molecule has 8 heteroatoms. The van der Waals surface area contributed by atoms with Crippen LogP contribution in [0, 0.1) is 6.92 Å². The van der Waals surface area contributed by atoms with Crippen LogP contribution in [0.2, 0.25) is 5.02 Å². The first kappa shape index (κ1) is 22.2. The van der Waals surface area contributed by atoms with Crippen molar-refractivity contribution in [2.24, 2.45) is 0 Å². The quantitative estimate of drug-likeness (QED) is 0.571. The van der Waals surface area contributed by atoms with Crippen LogP contribution in [0.5, 0.6) is 5.75 Å². The second-order valence-electron chi connectivity index (χ2n) is 6.31. The summed E-state index contributed by atoms with van der Waals surface area (Å²) < 4.78 is 5.53. The van der Waals surface area contributed by atoms with E-state index < -0.39 is 11.8 Å². The fourth-order valence-electron chi connectivity index (χ4n) is 2.43. The first-order valence-electron chi connectivity index (χ1n) is 9.28. The predicted molar refractivity (Wildman–Crippen MR) is 112 cm³/mol. The van der Waals surface area contributed by atoms with E-state index in [-0.39, 0.29) is 18.7 Å². The molecule has 0 radical (unpaired) electrons. The number of rotatable bonds is 8. The van der Waals surface area contributed by atoms with Crippen LogP contribution in [0.25, 0.3) is 0 Å². The van der Waals surface area contributed by atoms with Gasteiger partial charge in [0.1, 0.15) is 5.75 Å². The van der Waals surface area contributed by atoms with Gasteiger partial charge in [0.25, 0.3) is 5.91 Å². The normalized spacial score (nSPS) is 10.2. The number of hydrogen-bond acceptors (Lipinski definition) is 4. The molecule has 0 aliphatic carbocycles. The highest BCUT2D eigenvalue weighted by Gasteiger charge is 2.14. The number of nitrogens with one attached hydrogen (secondary N) is 3. The number of amides is 3. The SMILES string of the molecule is CCCOc1ccccc1C(=O)NNC(=O)CCC(=O)Nc1cccc(Cl)c1C. The molecule has 2 aromatic carbocycles. The third-order valence-electron chi connectivity index (χ3n) is 4.03. The van der Waals surface area contributed by atoms with E-state index in [0.29, 0.717) is 28.6 Å². The van der Waals surface area contributed by atoms with Crippen LogP contribution in [0.15, 0.2) is 42.5 Å². The zero-order chi connectivity index (χ0) is 21.2. The molecule has 0 bridgehead atoms. The molecule has 0 heterocycles. The number of para-hydroxylation sites is 1. The summed E-state index contributed by atoms with van der Waals surface area (Å²) in [5, 5.41) is 3.26. The lowest BCUT2D eigenvalue weighted by atomic mass is 10.2. The van der Waals surface area contributed by atoms with Gasteiger partial charge in [0.05, 0.1) is 12.2 Å². The minimum atomic E-state index is -0.496. The summed E-state index contributed by atoms with van der Waals surface area (Å²) in [5.74, 6) is -0.861. The Bertz CT molecular complexity index is 886. The fourth-order valence-corrected chi connectivity index (χ4v) is 2.61. The number of hydrogen-bond donors (Lipinski definition) is 3. The van der Waals surface area contributed by atoms with Crippen molar-refractivity contribution in [1.82, 2.24) is 10.9 Å². The monoisotopic (exact) mass is 417 g/mol. The Hall–Kier alpha value is -3.06. The summed E-state index contributed by atoms with van der Waals surface area (Å²) in [6.45, 7) is 4.24. The van der Waals surface area contributed by atoms with Crippen molar-refractivity contribution in [3.05, 3.63) is 58.6 Å². The molecule has 0 aliphatic rings. The topological polar surface area (TPSA) is 96.5 Å². The number of halogens is 1. The molecular formula is C21H24ClN3O4. The molecule has 29 heavy (non-hydrogen) atoms. The van der Waals surface area contributed by atoms with Gasteiger partial charge in [0.2, 0.25) is 11.8 Å². The zero-order valence-corrected chi connectivity index (χ0v) is 17.1. The Morgan fingerprint density at radius 1 is 0.966 bits per heavy atom. The molecule has 0 saturated carbocycles. The molecule has 2 aromatic rings. The minimum absolute atomic E-state index is 0.0378. The summed E-state index contributed by atoms with van der Waals surface area (Å²) >= 11 is 6.02. The lowest BCUT2D eigenvalue weighted by Gasteiger charge is -2.12. The first-order valence-corrected chi connectivity index (χ1v) is 9.66. The highest BCUT2D eigenvalue weighted by Crippen LogP contribution is 2.23. The van der Waals surface area contributed by atoms with Crippen molar-refractivity contribution < 1.29 is 19.1 Å². The molecule has 0 spiro atoms. The van der Waals surface area contributed by atoms with Crippen molar-refractivity contribution in [2.45, 2.75) is 33.1 Å². The number of anilines is 1. The van der Waals surface area contributed by atoms with Crippen LogP contribution in [0.1, 0.15) is 42.1 Å². The van der Waals surface area contributed by atoms with Crippen molar-refractivity contribution >= 4 is 35.0 Å². The average molecular weight is 418 g/mol. The molecule has 0 atom stereocenters. The molecule has 0 aliphatic heterocycles. The number of hydrazine groups is 1. The van der Waals surface area contributed by atoms with E-state index in [4.69, 9.17) is 16.3 Å². The smallest absolute Gasteiger partial charge is 0.273 e. The third kappa shape index (κ3) is 6.80. The molecule has 3 amide bonds. The molecule has 7 nitrogen and oxygen atoms in total. The molecule has 154 valence electrons. The Morgan fingerprint density at radius 2 is 1.69 bits per heavy atom. The van der Waals surface area contributed by atoms with E-state index >= 15 is 0 Å². The van der Waals surface area contributed by atoms with Gasteiger partial charge in [-0.3, -0.25) is 25.2 Å². The lowest BCUT2D eigenvalue weighted by Crippen LogP contribution is -2.42. The number of benzene rings is 2. The van der Waals surface area contributed by atoms with Crippen LogP contribution in [0.4, 0.5) is 5.69 Å². The van der Waals surface area contributed by atoms with Crippen LogP contribution in [0.3, 0.4) is 0 Å². The molecule has 2 rings (SSSR count). The largest absolute Gasteiger partial charge is 0.493 e. The number of ether oxygens (including phenoxy) is 1. The second-order valence-corrected chi connectivity index (χ2v) is 6.71. The van der Waals surface area contributed by atoms with E-state index in [1.807, 2.05) is 6.92 Å². The van der Waals surface area contributed by atoms with E-state index in [9.17, 15) is 14.4 Å². The van der Waals surface area contributed by atoms with E-state index in [0.717, 1.165) is 12.0 Å². The summed E-state index contributed by atoms with van der Waals surface area (Å²) in [6.07, 6.45) is 0.688. The van der Waals surface area contributed by atoms with Gasteiger partial charge in [-0.05, 0) is 43.2 Å². The Morgan fingerprint density at radius 3 is 2.45 bits per heavy atom. The van der Waals surface area contributed by atoms with E-state index in [1.165, 1.54) is 0 Å². The van der Waals surface area contributed by atoms with Crippen molar-refractivity contribution in [1.29, 1.82) is 0 Å². The summed E-state index contributed by atoms with van der Waals surface area (Å²) in [5.41, 5.74) is 6.31. The van der Waals surface area contributed by atoms with Gasteiger partial charge in [-0.2, -0.15) is 0 Å². The van der Waals surface area contributed by atoms with Crippen molar-refractivity contribution in [2.75, 3.05) is 11.9 Å². The standard InChI is InChI=1S/C21H24ClN3O4/c1-3-13-29-18-10-5-4-7-15(18)21(28)25-24-20(27)12-11-19(26)23-17-9-6-8-16(22)14(17)2/h4-10H,3,11-13H2,1-2H3,(H,23,26)(H,24,27)(H,25,28). The van der Waals surface area contributed by atoms with Gasteiger partial charge in [0.15, 0.2) is 0 Å². The number of carbonyl (C=O) groups is 3. The van der Waals surface area contributed by atoms with Crippen LogP contribution < -0.4 is 20.9 Å². The van der Waals surface area contributed by atoms with Gasteiger partial charge < -0.3 is 10.1 Å². The second kappa shape index (κ2) is 11.1. The van der Waals surface area contributed by atoms with Gasteiger partial charge >= 0.3 is 0 Å².